The minimum Gasteiger partial charge on any atom is -0.379 e. The van der Waals surface area contributed by atoms with E-state index in [0.717, 1.165) is 19.6 Å². The number of ether oxygens (including phenoxy) is 2. The molecule has 0 saturated carbocycles. The molecule has 0 aromatic heterocycles. The van der Waals surface area contributed by atoms with Crippen molar-refractivity contribution in [2.45, 2.75) is 13.3 Å². The van der Waals surface area contributed by atoms with Gasteiger partial charge in [-0.15, -0.1) is 0 Å². The van der Waals surface area contributed by atoms with E-state index in [-0.39, 0.29) is 0 Å². The molecule has 5 heteroatoms. The van der Waals surface area contributed by atoms with Crippen molar-refractivity contribution in [2.24, 2.45) is 0 Å². The Morgan fingerprint density at radius 2 is 1.79 bits per heavy atom. The monoisotopic (exact) mass is 220 g/mol. The molecule has 0 aliphatic rings. The highest BCUT2D eigenvalue weighted by Crippen LogP contribution is 1.81. The zero-order valence-electron chi connectivity index (χ0n) is 8.97. The second-order valence-electron chi connectivity index (χ2n) is 2.73. The summed E-state index contributed by atoms with van der Waals surface area (Å²) in [5.41, 5.74) is 0. The van der Waals surface area contributed by atoms with E-state index in [2.05, 4.69) is 17.6 Å². The summed E-state index contributed by atoms with van der Waals surface area (Å²) in [5.74, 6) is 0. The van der Waals surface area contributed by atoms with Crippen molar-refractivity contribution in [1.29, 1.82) is 0 Å². The highest BCUT2D eigenvalue weighted by molar-refractivity contribution is 7.80. The number of nitrogens with one attached hydrogen (secondary N) is 2. The van der Waals surface area contributed by atoms with Crippen molar-refractivity contribution >= 4 is 17.3 Å². The van der Waals surface area contributed by atoms with Crippen LogP contribution in [0.5, 0.6) is 0 Å². The van der Waals surface area contributed by atoms with Gasteiger partial charge in [-0.1, -0.05) is 6.92 Å². The van der Waals surface area contributed by atoms with E-state index in [4.69, 9.17) is 21.7 Å². The minimum atomic E-state index is 0.647. The maximum atomic E-state index is 5.30. The fourth-order valence-electron chi connectivity index (χ4n) is 0.791. The van der Waals surface area contributed by atoms with Gasteiger partial charge in [-0.2, -0.15) is 0 Å². The average molecular weight is 220 g/mol. The molecule has 0 rings (SSSR count). The summed E-state index contributed by atoms with van der Waals surface area (Å²) in [6, 6.07) is 0. The average Bonchev–Trinajstić information content (AvgIpc) is 2.21. The van der Waals surface area contributed by atoms with E-state index in [1.807, 2.05) is 0 Å². The van der Waals surface area contributed by atoms with Gasteiger partial charge in [0, 0.05) is 20.2 Å². The Hall–Kier alpha value is -0.390. The van der Waals surface area contributed by atoms with Crippen LogP contribution in [-0.4, -0.2) is 45.1 Å². The first kappa shape index (κ1) is 13.6. The highest BCUT2D eigenvalue weighted by atomic mass is 32.1. The third-order valence-electron chi connectivity index (χ3n) is 1.48. The van der Waals surface area contributed by atoms with E-state index >= 15 is 0 Å². The van der Waals surface area contributed by atoms with Gasteiger partial charge in [0.25, 0.3) is 0 Å². The Bertz CT molecular complexity index is 145. The van der Waals surface area contributed by atoms with Crippen LogP contribution in [-0.2, 0) is 9.47 Å². The van der Waals surface area contributed by atoms with Gasteiger partial charge in [0.05, 0.1) is 19.8 Å². The Balaban J connectivity index is 2.95. The molecule has 0 aromatic rings. The first-order valence-corrected chi connectivity index (χ1v) is 5.33. The van der Waals surface area contributed by atoms with E-state index in [9.17, 15) is 0 Å². The lowest BCUT2D eigenvalue weighted by molar-refractivity contribution is 0.0501. The molecule has 0 heterocycles. The second kappa shape index (κ2) is 10.7. The first-order chi connectivity index (χ1) is 6.81. The molecular weight excluding hydrogens is 200 g/mol. The van der Waals surface area contributed by atoms with Gasteiger partial charge < -0.3 is 20.1 Å². The van der Waals surface area contributed by atoms with Crippen LogP contribution in [0.25, 0.3) is 0 Å². The van der Waals surface area contributed by atoms with Crippen molar-refractivity contribution < 1.29 is 9.47 Å². The molecule has 4 nitrogen and oxygen atoms in total. The Morgan fingerprint density at radius 1 is 1.14 bits per heavy atom. The zero-order chi connectivity index (χ0) is 10.6. The molecule has 0 saturated heterocycles. The van der Waals surface area contributed by atoms with Gasteiger partial charge in [0.2, 0.25) is 0 Å². The van der Waals surface area contributed by atoms with Crippen LogP contribution >= 0.6 is 12.2 Å². The molecule has 0 atom stereocenters. The van der Waals surface area contributed by atoms with E-state index in [1.54, 1.807) is 7.05 Å². The normalized spacial score (nSPS) is 9.86. The summed E-state index contributed by atoms with van der Waals surface area (Å²) in [7, 11) is 1.79. The lowest BCUT2D eigenvalue weighted by atomic mass is 10.5. The molecule has 0 aromatic carbocycles. The molecule has 0 spiro atoms. The molecule has 14 heavy (non-hydrogen) atoms. The standard InChI is InChI=1S/C9H20N2O2S/c1-3-5-12-7-8-13-6-4-11-9(14)10-2/h3-8H2,1-2H3,(H2,10,11,14). The van der Waals surface area contributed by atoms with Crippen molar-refractivity contribution in [3.63, 3.8) is 0 Å². The molecule has 0 radical (unpaired) electrons. The van der Waals surface area contributed by atoms with Crippen LogP contribution in [0.2, 0.25) is 0 Å². The minimum absolute atomic E-state index is 0.647. The topological polar surface area (TPSA) is 42.5 Å². The quantitative estimate of drug-likeness (QED) is 0.461. The molecule has 0 amide bonds. The van der Waals surface area contributed by atoms with E-state index in [1.165, 1.54) is 0 Å². The number of hydrogen-bond acceptors (Lipinski definition) is 3. The molecule has 0 fully saturated rings. The van der Waals surface area contributed by atoms with Crippen molar-refractivity contribution in [2.75, 3.05) is 40.0 Å². The molecule has 0 aliphatic heterocycles. The van der Waals surface area contributed by atoms with Gasteiger partial charge >= 0.3 is 0 Å². The maximum absolute atomic E-state index is 5.30. The van der Waals surface area contributed by atoms with Gasteiger partial charge in [-0.05, 0) is 18.6 Å². The van der Waals surface area contributed by atoms with Crippen molar-refractivity contribution in [3.05, 3.63) is 0 Å². The third kappa shape index (κ3) is 9.70. The molecular formula is C9H20N2O2S. The SMILES string of the molecule is CCCOCCOCCNC(=S)NC. The molecule has 0 aliphatic carbocycles. The number of hydrogen-bond donors (Lipinski definition) is 2. The summed E-state index contributed by atoms with van der Waals surface area (Å²) in [4.78, 5) is 0. The summed E-state index contributed by atoms with van der Waals surface area (Å²) in [5, 5.41) is 6.46. The lowest BCUT2D eigenvalue weighted by Crippen LogP contribution is -2.34. The Kier molecular flexibility index (Phi) is 10.4. The highest BCUT2D eigenvalue weighted by Gasteiger charge is 1.91. The molecule has 84 valence electrons. The summed E-state index contributed by atoms with van der Waals surface area (Å²) in [6.07, 6.45) is 1.05. The van der Waals surface area contributed by atoms with Crippen LogP contribution in [0.15, 0.2) is 0 Å². The van der Waals surface area contributed by atoms with Gasteiger partial charge in [-0.3, -0.25) is 0 Å². The Labute approximate surface area is 91.3 Å². The predicted octanol–water partition coefficient (Wildman–Crippen LogP) is 0.523. The summed E-state index contributed by atoms with van der Waals surface area (Å²) in [6.45, 7) is 5.60. The van der Waals surface area contributed by atoms with Crippen LogP contribution in [0.3, 0.4) is 0 Å². The zero-order valence-corrected chi connectivity index (χ0v) is 9.78. The van der Waals surface area contributed by atoms with Crippen LogP contribution < -0.4 is 10.6 Å². The van der Waals surface area contributed by atoms with E-state index in [0.29, 0.717) is 24.9 Å². The largest absolute Gasteiger partial charge is 0.379 e. The van der Waals surface area contributed by atoms with Crippen molar-refractivity contribution in [1.82, 2.24) is 10.6 Å². The fourth-order valence-corrected chi connectivity index (χ4v) is 0.893. The molecule has 2 N–H and O–H groups in total. The number of rotatable bonds is 8. The maximum Gasteiger partial charge on any atom is 0.166 e. The first-order valence-electron chi connectivity index (χ1n) is 4.92. The van der Waals surface area contributed by atoms with Gasteiger partial charge in [0.1, 0.15) is 0 Å². The van der Waals surface area contributed by atoms with Crippen molar-refractivity contribution in [3.8, 4) is 0 Å². The summed E-state index contributed by atoms with van der Waals surface area (Å²) >= 11 is 4.89. The predicted molar refractivity (Wildman–Crippen MR) is 61.6 cm³/mol. The fraction of sp³-hybridized carbons (Fsp3) is 0.889. The lowest BCUT2D eigenvalue weighted by Gasteiger charge is -2.07. The van der Waals surface area contributed by atoms with Gasteiger partial charge in [-0.25, -0.2) is 0 Å². The van der Waals surface area contributed by atoms with E-state index < -0.39 is 0 Å². The molecule has 0 unspecified atom stereocenters. The molecule has 0 bridgehead atoms. The van der Waals surface area contributed by atoms with Crippen LogP contribution in [0.1, 0.15) is 13.3 Å². The smallest absolute Gasteiger partial charge is 0.166 e. The summed E-state index contributed by atoms with van der Waals surface area (Å²) < 4.78 is 10.5. The van der Waals surface area contributed by atoms with Gasteiger partial charge in [0.15, 0.2) is 5.11 Å². The third-order valence-corrected chi connectivity index (χ3v) is 1.83. The number of thiocarbonyl (C=S) groups is 1. The second-order valence-corrected chi connectivity index (χ2v) is 3.14. The van der Waals surface area contributed by atoms with Crippen LogP contribution in [0, 0.1) is 0 Å². The van der Waals surface area contributed by atoms with Crippen LogP contribution in [0.4, 0.5) is 0 Å². The Morgan fingerprint density at radius 3 is 2.36 bits per heavy atom.